The van der Waals surface area contributed by atoms with E-state index in [1.54, 1.807) is 0 Å². The fraction of sp³-hybridized carbons (Fsp3) is 1.00. The zero-order chi connectivity index (χ0) is 12.3. The van der Waals surface area contributed by atoms with Gasteiger partial charge in [-0.3, -0.25) is 0 Å². The van der Waals surface area contributed by atoms with Gasteiger partial charge in [-0.1, -0.05) is 52.4 Å². The molecule has 2 aliphatic carbocycles. The van der Waals surface area contributed by atoms with Gasteiger partial charge in [0.05, 0.1) is 6.10 Å². The summed E-state index contributed by atoms with van der Waals surface area (Å²) in [5, 5.41) is 10.9. The molecule has 1 N–H and O–H groups in total. The van der Waals surface area contributed by atoms with E-state index in [-0.39, 0.29) is 11.5 Å². The van der Waals surface area contributed by atoms with Crippen molar-refractivity contribution in [3.8, 4) is 0 Å². The smallest absolute Gasteiger partial charge is 0.0627 e. The quantitative estimate of drug-likeness (QED) is 0.762. The molecule has 0 spiro atoms. The van der Waals surface area contributed by atoms with Crippen LogP contribution in [0.25, 0.3) is 0 Å². The number of aliphatic hydroxyl groups is 1. The van der Waals surface area contributed by atoms with Crippen LogP contribution in [-0.2, 0) is 0 Å². The van der Waals surface area contributed by atoms with Crippen molar-refractivity contribution in [1.82, 2.24) is 0 Å². The van der Waals surface area contributed by atoms with Gasteiger partial charge < -0.3 is 5.11 Å². The maximum Gasteiger partial charge on any atom is 0.0627 e. The lowest BCUT2D eigenvalue weighted by Crippen LogP contribution is -2.42. The van der Waals surface area contributed by atoms with E-state index in [1.807, 2.05) is 0 Å². The minimum atomic E-state index is -0.0137. The summed E-state index contributed by atoms with van der Waals surface area (Å²) in [6.45, 7) is 4.60. The molecule has 0 amide bonds. The van der Waals surface area contributed by atoms with Gasteiger partial charge in [-0.15, -0.1) is 0 Å². The van der Waals surface area contributed by atoms with E-state index >= 15 is 0 Å². The van der Waals surface area contributed by atoms with E-state index in [1.165, 1.54) is 64.2 Å². The van der Waals surface area contributed by atoms with Crippen molar-refractivity contribution in [2.75, 3.05) is 0 Å². The lowest BCUT2D eigenvalue weighted by molar-refractivity contribution is -0.0514. The van der Waals surface area contributed by atoms with Gasteiger partial charge in [0.25, 0.3) is 0 Å². The molecule has 2 aliphatic rings. The average molecular weight is 238 g/mol. The first-order chi connectivity index (χ1) is 8.23. The van der Waals surface area contributed by atoms with Crippen molar-refractivity contribution < 1.29 is 5.11 Å². The molecule has 2 fully saturated rings. The van der Waals surface area contributed by atoms with Crippen LogP contribution < -0.4 is 0 Å². The average Bonchev–Trinajstić information content (AvgIpc) is 2.88. The molecule has 2 rings (SSSR count). The summed E-state index contributed by atoms with van der Waals surface area (Å²) in [7, 11) is 0. The van der Waals surface area contributed by atoms with Crippen molar-refractivity contribution in [1.29, 1.82) is 0 Å². The Kier molecular flexibility index (Phi) is 4.52. The van der Waals surface area contributed by atoms with Gasteiger partial charge >= 0.3 is 0 Å². The van der Waals surface area contributed by atoms with Crippen LogP contribution in [0.5, 0.6) is 0 Å². The second-order valence-electron chi connectivity index (χ2n) is 6.48. The van der Waals surface area contributed by atoms with Crippen LogP contribution in [0.2, 0.25) is 0 Å². The minimum Gasteiger partial charge on any atom is -0.392 e. The number of hydrogen-bond donors (Lipinski definition) is 1. The summed E-state index contributed by atoms with van der Waals surface area (Å²) in [6.07, 6.45) is 13.0. The van der Waals surface area contributed by atoms with Crippen LogP contribution in [0, 0.1) is 17.3 Å². The Morgan fingerprint density at radius 2 is 1.71 bits per heavy atom. The number of aliphatic hydroxyl groups excluding tert-OH is 1. The van der Waals surface area contributed by atoms with E-state index in [4.69, 9.17) is 0 Å². The van der Waals surface area contributed by atoms with E-state index in [0.717, 1.165) is 5.92 Å². The molecular formula is C16H30O. The van der Waals surface area contributed by atoms with E-state index in [9.17, 15) is 5.11 Å². The van der Waals surface area contributed by atoms with Crippen LogP contribution >= 0.6 is 0 Å². The SMILES string of the molecule is CCC1CCCCC1C(O)C1(CC)CCCC1. The molecule has 1 heteroatoms. The van der Waals surface area contributed by atoms with Gasteiger partial charge in [-0.25, -0.2) is 0 Å². The Morgan fingerprint density at radius 1 is 1.06 bits per heavy atom. The van der Waals surface area contributed by atoms with Crippen molar-refractivity contribution in [3.63, 3.8) is 0 Å². The third kappa shape index (κ3) is 2.54. The van der Waals surface area contributed by atoms with Gasteiger partial charge in [0.1, 0.15) is 0 Å². The Morgan fingerprint density at radius 3 is 2.29 bits per heavy atom. The van der Waals surface area contributed by atoms with E-state index in [0.29, 0.717) is 5.92 Å². The summed E-state index contributed by atoms with van der Waals surface area (Å²) in [5.74, 6) is 1.40. The van der Waals surface area contributed by atoms with Crippen LogP contribution in [0.3, 0.4) is 0 Å². The molecule has 3 unspecified atom stereocenters. The molecule has 1 nitrogen and oxygen atoms in total. The second kappa shape index (κ2) is 5.73. The fourth-order valence-electron chi connectivity index (χ4n) is 4.55. The Hall–Kier alpha value is -0.0400. The molecule has 0 aliphatic heterocycles. The first-order valence-electron chi connectivity index (χ1n) is 7.91. The largest absolute Gasteiger partial charge is 0.392 e. The molecule has 0 radical (unpaired) electrons. The third-order valence-corrected chi connectivity index (χ3v) is 5.83. The summed E-state index contributed by atoms with van der Waals surface area (Å²) in [5.41, 5.74) is 0.287. The highest BCUT2D eigenvalue weighted by Crippen LogP contribution is 2.49. The molecule has 17 heavy (non-hydrogen) atoms. The lowest BCUT2D eigenvalue weighted by atomic mass is 9.65. The van der Waals surface area contributed by atoms with Gasteiger partial charge in [0.2, 0.25) is 0 Å². The van der Waals surface area contributed by atoms with Crippen LogP contribution in [0.4, 0.5) is 0 Å². The highest BCUT2D eigenvalue weighted by Gasteiger charge is 2.44. The van der Waals surface area contributed by atoms with Gasteiger partial charge in [-0.2, -0.15) is 0 Å². The summed E-state index contributed by atoms with van der Waals surface area (Å²) in [6, 6.07) is 0. The molecule has 0 aromatic rings. The molecule has 0 heterocycles. The standard InChI is InChI=1S/C16H30O/c1-3-13-9-5-6-10-14(13)15(17)16(4-2)11-7-8-12-16/h13-15,17H,3-12H2,1-2H3. The molecule has 0 saturated heterocycles. The molecular weight excluding hydrogens is 208 g/mol. The Bertz CT molecular complexity index is 230. The lowest BCUT2D eigenvalue weighted by Gasteiger charge is -2.43. The van der Waals surface area contributed by atoms with Gasteiger partial charge in [-0.05, 0) is 42.9 Å². The highest BCUT2D eigenvalue weighted by molar-refractivity contribution is 4.95. The zero-order valence-electron chi connectivity index (χ0n) is 11.8. The van der Waals surface area contributed by atoms with Crippen LogP contribution in [0.15, 0.2) is 0 Å². The Balaban J connectivity index is 2.08. The number of rotatable bonds is 4. The van der Waals surface area contributed by atoms with Crippen molar-refractivity contribution >= 4 is 0 Å². The Labute approximate surface area is 107 Å². The zero-order valence-corrected chi connectivity index (χ0v) is 11.8. The summed E-state index contributed by atoms with van der Waals surface area (Å²) < 4.78 is 0. The minimum absolute atomic E-state index is 0.0137. The third-order valence-electron chi connectivity index (χ3n) is 5.83. The van der Waals surface area contributed by atoms with Crippen molar-refractivity contribution in [2.24, 2.45) is 17.3 Å². The molecule has 2 saturated carbocycles. The molecule has 0 aromatic heterocycles. The topological polar surface area (TPSA) is 20.2 Å². The van der Waals surface area contributed by atoms with Crippen molar-refractivity contribution in [2.45, 2.75) is 84.2 Å². The molecule has 0 bridgehead atoms. The summed E-state index contributed by atoms with van der Waals surface area (Å²) >= 11 is 0. The first-order valence-corrected chi connectivity index (χ1v) is 7.91. The summed E-state index contributed by atoms with van der Waals surface area (Å²) in [4.78, 5) is 0. The molecule has 3 atom stereocenters. The predicted molar refractivity (Wildman–Crippen MR) is 72.9 cm³/mol. The molecule has 0 aromatic carbocycles. The van der Waals surface area contributed by atoms with E-state index in [2.05, 4.69) is 13.8 Å². The fourth-order valence-corrected chi connectivity index (χ4v) is 4.55. The first kappa shape index (κ1) is 13.4. The maximum absolute atomic E-state index is 10.9. The normalized spacial score (nSPS) is 34.8. The molecule has 100 valence electrons. The number of hydrogen-bond acceptors (Lipinski definition) is 1. The predicted octanol–water partition coefficient (Wildman–Crippen LogP) is 4.53. The van der Waals surface area contributed by atoms with Crippen LogP contribution in [-0.4, -0.2) is 11.2 Å². The second-order valence-corrected chi connectivity index (χ2v) is 6.48. The maximum atomic E-state index is 10.9. The van der Waals surface area contributed by atoms with E-state index < -0.39 is 0 Å². The van der Waals surface area contributed by atoms with Gasteiger partial charge in [0.15, 0.2) is 0 Å². The van der Waals surface area contributed by atoms with Crippen LogP contribution in [0.1, 0.15) is 78.1 Å². The monoisotopic (exact) mass is 238 g/mol. The highest BCUT2D eigenvalue weighted by atomic mass is 16.3. The van der Waals surface area contributed by atoms with Gasteiger partial charge in [0, 0.05) is 0 Å². The van der Waals surface area contributed by atoms with Crippen molar-refractivity contribution in [3.05, 3.63) is 0 Å².